The van der Waals surface area contributed by atoms with Gasteiger partial charge in [-0.3, -0.25) is 4.79 Å². The Labute approximate surface area is 119 Å². The highest BCUT2D eigenvalue weighted by Crippen LogP contribution is 2.23. The average molecular weight is 279 g/mol. The Morgan fingerprint density at radius 2 is 1.95 bits per heavy atom. The van der Waals surface area contributed by atoms with Gasteiger partial charge in [0.2, 0.25) is 5.91 Å². The zero-order valence-electron chi connectivity index (χ0n) is 11.2. The maximum Gasteiger partial charge on any atom is 0.243 e. The van der Waals surface area contributed by atoms with Crippen LogP contribution >= 0.6 is 11.6 Å². The lowest BCUT2D eigenvalue weighted by Gasteiger charge is -2.19. The van der Waals surface area contributed by atoms with Crippen LogP contribution in [0.2, 0.25) is 5.02 Å². The number of benzene rings is 1. The quantitative estimate of drug-likeness (QED) is 0.664. The average Bonchev–Trinajstić information content (AvgIpc) is 2.46. The first-order valence-electron chi connectivity index (χ1n) is 6.77. The maximum absolute atomic E-state index is 12.0. The van der Waals surface area contributed by atoms with Crippen molar-refractivity contribution >= 4 is 23.2 Å². The SMILES string of the molecule is C/C(=N/NC(=O)C1CCCCC1)c1ccccc1Cl. The maximum atomic E-state index is 12.0. The molecule has 0 bridgehead atoms. The molecule has 1 saturated carbocycles. The molecule has 0 saturated heterocycles. The first-order valence-corrected chi connectivity index (χ1v) is 7.15. The van der Waals surface area contributed by atoms with Crippen molar-refractivity contribution in [2.45, 2.75) is 39.0 Å². The van der Waals surface area contributed by atoms with Crippen molar-refractivity contribution in [3.05, 3.63) is 34.9 Å². The van der Waals surface area contributed by atoms with Gasteiger partial charge in [0.1, 0.15) is 0 Å². The van der Waals surface area contributed by atoms with Crippen LogP contribution in [0, 0.1) is 5.92 Å². The molecule has 1 aromatic rings. The fraction of sp³-hybridized carbons (Fsp3) is 0.467. The number of amides is 1. The summed E-state index contributed by atoms with van der Waals surface area (Å²) < 4.78 is 0. The van der Waals surface area contributed by atoms with Gasteiger partial charge in [-0.05, 0) is 25.8 Å². The van der Waals surface area contributed by atoms with Crippen molar-refractivity contribution in [1.29, 1.82) is 0 Å². The van der Waals surface area contributed by atoms with E-state index in [1.54, 1.807) is 0 Å². The smallest absolute Gasteiger partial charge is 0.243 e. The molecule has 19 heavy (non-hydrogen) atoms. The summed E-state index contributed by atoms with van der Waals surface area (Å²) in [5, 5.41) is 4.81. The molecule has 1 aliphatic rings. The minimum Gasteiger partial charge on any atom is -0.273 e. The Morgan fingerprint density at radius 1 is 1.26 bits per heavy atom. The summed E-state index contributed by atoms with van der Waals surface area (Å²) in [6, 6.07) is 7.50. The second kappa shape index (κ2) is 6.71. The van der Waals surface area contributed by atoms with Gasteiger partial charge in [0.25, 0.3) is 0 Å². The van der Waals surface area contributed by atoms with Gasteiger partial charge < -0.3 is 0 Å². The predicted molar refractivity (Wildman–Crippen MR) is 78.4 cm³/mol. The summed E-state index contributed by atoms with van der Waals surface area (Å²) in [5.41, 5.74) is 4.25. The summed E-state index contributed by atoms with van der Waals surface area (Å²) in [5.74, 6) is 0.155. The van der Waals surface area contributed by atoms with Crippen LogP contribution < -0.4 is 5.43 Å². The van der Waals surface area contributed by atoms with E-state index >= 15 is 0 Å². The number of hydrazone groups is 1. The fourth-order valence-corrected chi connectivity index (χ4v) is 2.68. The number of carbonyl (C=O) groups is 1. The van der Waals surface area contributed by atoms with Crippen LogP contribution in [0.3, 0.4) is 0 Å². The van der Waals surface area contributed by atoms with Crippen LogP contribution in [0.15, 0.2) is 29.4 Å². The first-order chi connectivity index (χ1) is 9.18. The van der Waals surface area contributed by atoms with E-state index in [0.717, 1.165) is 37.0 Å². The lowest BCUT2D eigenvalue weighted by Crippen LogP contribution is -2.29. The Kier molecular flexibility index (Phi) is 4.97. The van der Waals surface area contributed by atoms with Gasteiger partial charge in [0, 0.05) is 16.5 Å². The van der Waals surface area contributed by atoms with E-state index in [2.05, 4.69) is 10.5 Å². The lowest BCUT2D eigenvalue weighted by atomic mass is 9.89. The summed E-state index contributed by atoms with van der Waals surface area (Å²) in [6.45, 7) is 1.85. The third-order valence-corrected chi connectivity index (χ3v) is 3.90. The lowest BCUT2D eigenvalue weighted by molar-refractivity contribution is -0.125. The van der Waals surface area contributed by atoms with Gasteiger partial charge in [-0.25, -0.2) is 5.43 Å². The fourth-order valence-electron chi connectivity index (χ4n) is 2.41. The van der Waals surface area contributed by atoms with Crippen molar-refractivity contribution < 1.29 is 4.79 Å². The molecule has 102 valence electrons. The predicted octanol–water partition coefficient (Wildman–Crippen LogP) is 3.76. The Bertz CT molecular complexity index is 479. The van der Waals surface area contributed by atoms with Crippen molar-refractivity contribution in [2.75, 3.05) is 0 Å². The molecule has 0 atom stereocenters. The number of halogens is 1. The van der Waals surface area contributed by atoms with E-state index in [1.807, 2.05) is 31.2 Å². The zero-order valence-corrected chi connectivity index (χ0v) is 11.9. The highest BCUT2D eigenvalue weighted by Gasteiger charge is 2.20. The van der Waals surface area contributed by atoms with Gasteiger partial charge in [0.05, 0.1) is 5.71 Å². The zero-order chi connectivity index (χ0) is 13.7. The van der Waals surface area contributed by atoms with Gasteiger partial charge in [-0.1, -0.05) is 49.1 Å². The molecule has 2 rings (SSSR count). The van der Waals surface area contributed by atoms with E-state index in [-0.39, 0.29) is 11.8 Å². The summed E-state index contributed by atoms with van der Waals surface area (Å²) in [7, 11) is 0. The number of nitrogens with zero attached hydrogens (tertiary/aromatic N) is 1. The van der Waals surface area contributed by atoms with Crippen molar-refractivity contribution in [1.82, 2.24) is 5.43 Å². The third-order valence-electron chi connectivity index (χ3n) is 3.57. The molecule has 0 aromatic heterocycles. The molecule has 1 aliphatic carbocycles. The number of hydrogen-bond donors (Lipinski definition) is 1. The van der Waals surface area contributed by atoms with Gasteiger partial charge in [-0.15, -0.1) is 0 Å². The third kappa shape index (κ3) is 3.80. The molecule has 1 N–H and O–H groups in total. The van der Waals surface area contributed by atoms with E-state index in [4.69, 9.17) is 11.6 Å². The van der Waals surface area contributed by atoms with Crippen molar-refractivity contribution in [3.63, 3.8) is 0 Å². The molecule has 4 heteroatoms. The molecule has 0 radical (unpaired) electrons. The summed E-state index contributed by atoms with van der Waals surface area (Å²) in [6.07, 6.45) is 5.49. The van der Waals surface area contributed by atoms with Gasteiger partial charge in [-0.2, -0.15) is 5.10 Å². The van der Waals surface area contributed by atoms with Crippen LogP contribution in [-0.2, 0) is 4.79 Å². The van der Waals surface area contributed by atoms with Crippen molar-refractivity contribution in [2.24, 2.45) is 11.0 Å². The van der Waals surface area contributed by atoms with Crippen molar-refractivity contribution in [3.8, 4) is 0 Å². The molecule has 3 nitrogen and oxygen atoms in total. The largest absolute Gasteiger partial charge is 0.273 e. The molecule has 0 aliphatic heterocycles. The topological polar surface area (TPSA) is 41.5 Å². The molecule has 1 aromatic carbocycles. The minimum atomic E-state index is 0.0334. The van der Waals surface area contributed by atoms with Gasteiger partial charge >= 0.3 is 0 Å². The molecule has 0 spiro atoms. The molecular weight excluding hydrogens is 260 g/mol. The van der Waals surface area contributed by atoms with Crippen LogP contribution in [0.1, 0.15) is 44.6 Å². The highest BCUT2D eigenvalue weighted by atomic mass is 35.5. The Morgan fingerprint density at radius 3 is 2.63 bits per heavy atom. The standard InChI is InChI=1S/C15H19ClN2O/c1-11(13-9-5-6-10-14(13)16)17-18-15(19)12-7-3-2-4-8-12/h5-6,9-10,12H,2-4,7-8H2,1H3,(H,18,19)/b17-11-. The monoisotopic (exact) mass is 278 g/mol. The van der Waals surface area contributed by atoms with E-state index < -0.39 is 0 Å². The highest BCUT2D eigenvalue weighted by molar-refractivity contribution is 6.34. The second-order valence-corrected chi connectivity index (χ2v) is 5.40. The summed E-state index contributed by atoms with van der Waals surface area (Å²) >= 11 is 6.09. The normalized spacial score (nSPS) is 17.3. The first kappa shape index (κ1) is 14.1. The van der Waals surface area contributed by atoms with Crippen LogP contribution in [0.5, 0.6) is 0 Å². The van der Waals surface area contributed by atoms with E-state index in [9.17, 15) is 4.79 Å². The van der Waals surface area contributed by atoms with E-state index in [0.29, 0.717) is 5.02 Å². The Hall–Kier alpha value is -1.35. The van der Waals surface area contributed by atoms with Crippen LogP contribution in [0.25, 0.3) is 0 Å². The number of carbonyl (C=O) groups excluding carboxylic acids is 1. The van der Waals surface area contributed by atoms with E-state index in [1.165, 1.54) is 6.42 Å². The number of rotatable bonds is 3. The molecule has 1 amide bonds. The molecule has 0 unspecified atom stereocenters. The molecular formula is C15H19ClN2O. The van der Waals surface area contributed by atoms with Crippen LogP contribution in [-0.4, -0.2) is 11.6 Å². The van der Waals surface area contributed by atoms with Crippen LogP contribution in [0.4, 0.5) is 0 Å². The Balaban J connectivity index is 1.98. The molecule has 0 heterocycles. The second-order valence-electron chi connectivity index (χ2n) is 4.99. The van der Waals surface area contributed by atoms with Gasteiger partial charge in [0.15, 0.2) is 0 Å². The summed E-state index contributed by atoms with van der Waals surface area (Å²) in [4.78, 5) is 12.0. The molecule has 1 fully saturated rings. The number of nitrogens with one attached hydrogen (secondary N) is 1. The number of hydrogen-bond acceptors (Lipinski definition) is 2. The minimum absolute atomic E-state index is 0.0334.